The molecule has 1 aromatic heterocycles. The molecule has 5 nitrogen and oxygen atoms in total. The Morgan fingerprint density at radius 3 is 2.25 bits per heavy atom. The van der Waals surface area contributed by atoms with Gasteiger partial charge in [0.1, 0.15) is 0 Å². The van der Waals surface area contributed by atoms with Crippen LogP contribution in [0.3, 0.4) is 0 Å². The lowest BCUT2D eigenvalue weighted by molar-refractivity contribution is -0.145. The number of fused-ring (bicyclic) bond motifs is 6. The molecule has 32 heavy (non-hydrogen) atoms. The Balaban J connectivity index is 1.62. The lowest BCUT2D eigenvalue weighted by Gasteiger charge is -2.14. The van der Waals surface area contributed by atoms with E-state index in [9.17, 15) is 9.59 Å². The highest BCUT2D eigenvalue weighted by Gasteiger charge is 2.77. The second-order valence-corrected chi connectivity index (χ2v) is 8.26. The van der Waals surface area contributed by atoms with E-state index in [2.05, 4.69) is 0 Å². The lowest BCUT2D eigenvalue weighted by Crippen LogP contribution is -2.18. The molecule has 4 aromatic rings. The molecule has 0 unspecified atom stereocenters. The number of nitrogens with zero attached hydrogens (tertiary/aromatic N) is 2. The third-order valence-electron chi connectivity index (χ3n) is 6.68. The SMILES string of the molecule is CCOC(=O)[C@H]1[C@H](C(=O)c2ccccc2)[C@@]12c1ccccc1-c1nc3ccccc3nc12. The molecular weight excluding hydrogens is 400 g/mol. The minimum absolute atomic E-state index is 0.0683. The number of aromatic nitrogens is 2. The molecule has 0 N–H and O–H groups in total. The average molecular weight is 420 g/mol. The fraction of sp³-hybridized carbons (Fsp3) is 0.185. The van der Waals surface area contributed by atoms with Gasteiger partial charge >= 0.3 is 5.97 Å². The van der Waals surface area contributed by atoms with Gasteiger partial charge in [0.15, 0.2) is 5.78 Å². The summed E-state index contributed by atoms with van der Waals surface area (Å²) in [5.74, 6) is -1.64. The van der Waals surface area contributed by atoms with E-state index < -0.39 is 17.3 Å². The average Bonchev–Trinajstić information content (AvgIpc) is 3.46. The van der Waals surface area contributed by atoms with Crippen LogP contribution in [-0.4, -0.2) is 28.3 Å². The van der Waals surface area contributed by atoms with Gasteiger partial charge < -0.3 is 4.74 Å². The summed E-state index contributed by atoms with van der Waals surface area (Å²) in [6.07, 6.45) is 0. The number of carbonyl (C=O) groups is 2. The number of benzene rings is 3. The molecule has 156 valence electrons. The maximum Gasteiger partial charge on any atom is 0.311 e. The minimum Gasteiger partial charge on any atom is -0.466 e. The molecule has 0 aliphatic heterocycles. The molecule has 2 aliphatic carbocycles. The van der Waals surface area contributed by atoms with Gasteiger partial charge in [0, 0.05) is 11.1 Å². The van der Waals surface area contributed by atoms with Gasteiger partial charge in [-0.25, -0.2) is 9.97 Å². The van der Waals surface area contributed by atoms with E-state index in [0.717, 1.165) is 27.9 Å². The van der Waals surface area contributed by atoms with Crippen LogP contribution in [0.2, 0.25) is 0 Å². The zero-order valence-corrected chi connectivity index (χ0v) is 17.5. The molecule has 1 fully saturated rings. The quantitative estimate of drug-likeness (QED) is 0.357. The molecule has 0 bridgehead atoms. The van der Waals surface area contributed by atoms with Crippen LogP contribution >= 0.6 is 0 Å². The third-order valence-corrected chi connectivity index (χ3v) is 6.68. The zero-order chi connectivity index (χ0) is 21.9. The normalized spacial score (nSPS) is 22.4. The van der Waals surface area contributed by atoms with E-state index in [1.54, 1.807) is 19.1 Å². The Morgan fingerprint density at radius 1 is 0.844 bits per heavy atom. The zero-order valence-electron chi connectivity index (χ0n) is 17.5. The second kappa shape index (κ2) is 6.82. The number of ketones is 1. The molecule has 1 spiro atoms. The molecule has 3 aromatic carbocycles. The molecule has 0 amide bonds. The molecule has 6 rings (SSSR count). The first kappa shape index (κ1) is 18.9. The van der Waals surface area contributed by atoms with E-state index in [4.69, 9.17) is 14.7 Å². The third kappa shape index (κ3) is 2.39. The predicted molar refractivity (Wildman–Crippen MR) is 120 cm³/mol. The molecule has 2 aliphatic rings. The molecule has 1 saturated carbocycles. The first-order valence-corrected chi connectivity index (χ1v) is 10.8. The number of rotatable bonds is 4. The molecule has 1 heterocycles. The smallest absolute Gasteiger partial charge is 0.311 e. The van der Waals surface area contributed by atoms with Gasteiger partial charge in [-0.15, -0.1) is 0 Å². The van der Waals surface area contributed by atoms with Crippen molar-refractivity contribution >= 4 is 22.8 Å². The summed E-state index contributed by atoms with van der Waals surface area (Å²) < 4.78 is 5.45. The molecule has 3 atom stereocenters. The van der Waals surface area contributed by atoms with Gasteiger partial charge in [-0.2, -0.15) is 0 Å². The summed E-state index contributed by atoms with van der Waals surface area (Å²) in [6.45, 7) is 2.04. The van der Waals surface area contributed by atoms with E-state index in [-0.39, 0.29) is 18.4 Å². The van der Waals surface area contributed by atoms with Crippen molar-refractivity contribution in [3.8, 4) is 11.3 Å². The van der Waals surface area contributed by atoms with Crippen LogP contribution in [0.4, 0.5) is 0 Å². The second-order valence-electron chi connectivity index (χ2n) is 8.26. The highest BCUT2D eigenvalue weighted by Crippen LogP contribution is 2.70. The summed E-state index contributed by atoms with van der Waals surface area (Å²) in [6, 6.07) is 24.7. The van der Waals surface area contributed by atoms with Crippen LogP contribution in [0.1, 0.15) is 28.5 Å². The lowest BCUT2D eigenvalue weighted by atomic mass is 9.90. The van der Waals surface area contributed by atoms with Gasteiger partial charge in [0.25, 0.3) is 0 Å². The van der Waals surface area contributed by atoms with Gasteiger partial charge in [-0.3, -0.25) is 9.59 Å². The van der Waals surface area contributed by atoms with E-state index in [0.29, 0.717) is 11.3 Å². The minimum atomic E-state index is -0.859. The fourth-order valence-corrected chi connectivity index (χ4v) is 5.37. The molecule has 0 saturated heterocycles. The van der Waals surface area contributed by atoms with Gasteiger partial charge in [0.05, 0.1) is 46.3 Å². The Hall–Kier alpha value is -3.86. The number of para-hydroxylation sites is 2. The van der Waals surface area contributed by atoms with Crippen molar-refractivity contribution in [1.82, 2.24) is 9.97 Å². The molecular formula is C27H20N2O3. The van der Waals surface area contributed by atoms with Crippen molar-refractivity contribution in [3.63, 3.8) is 0 Å². The maximum absolute atomic E-state index is 13.7. The monoisotopic (exact) mass is 420 g/mol. The van der Waals surface area contributed by atoms with Crippen LogP contribution in [0, 0.1) is 11.8 Å². The largest absolute Gasteiger partial charge is 0.466 e. The Morgan fingerprint density at radius 2 is 1.50 bits per heavy atom. The first-order valence-electron chi connectivity index (χ1n) is 10.8. The van der Waals surface area contributed by atoms with Crippen molar-refractivity contribution in [2.24, 2.45) is 11.8 Å². The fourth-order valence-electron chi connectivity index (χ4n) is 5.37. The van der Waals surface area contributed by atoms with Crippen molar-refractivity contribution in [2.45, 2.75) is 12.3 Å². The van der Waals surface area contributed by atoms with Crippen LogP contribution in [0.5, 0.6) is 0 Å². The summed E-state index contributed by atoms with van der Waals surface area (Å²) >= 11 is 0. The Kier molecular flexibility index (Phi) is 4.02. The number of hydrogen-bond donors (Lipinski definition) is 0. The van der Waals surface area contributed by atoms with Crippen LogP contribution in [0.25, 0.3) is 22.3 Å². The van der Waals surface area contributed by atoms with Crippen LogP contribution in [-0.2, 0) is 14.9 Å². The highest BCUT2D eigenvalue weighted by molar-refractivity contribution is 6.08. The van der Waals surface area contributed by atoms with Crippen LogP contribution < -0.4 is 0 Å². The summed E-state index contributed by atoms with van der Waals surface area (Å²) in [7, 11) is 0. The van der Waals surface area contributed by atoms with Crippen molar-refractivity contribution in [2.75, 3.05) is 6.61 Å². The van der Waals surface area contributed by atoms with E-state index in [1.807, 2.05) is 66.7 Å². The van der Waals surface area contributed by atoms with Crippen molar-refractivity contribution < 1.29 is 14.3 Å². The standard InChI is InChI=1S/C27H20N2O3/c1-2-32-26(31)22-21(24(30)16-10-4-3-5-11-16)27(22)18-13-7-6-12-17(18)23-25(27)29-20-15-9-8-14-19(20)28-23/h3-15,21-22H,2H2,1H3/t21-,22-,27+/m1/s1. The Labute approximate surface area is 185 Å². The first-order chi connectivity index (χ1) is 15.7. The molecule has 5 heteroatoms. The van der Waals surface area contributed by atoms with E-state index >= 15 is 0 Å². The summed E-state index contributed by atoms with van der Waals surface area (Å²) in [5.41, 5.74) is 4.57. The van der Waals surface area contributed by atoms with Crippen molar-refractivity contribution in [3.05, 3.63) is 95.7 Å². The topological polar surface area (TPSA) is 69.2 Å². The summed E-state index contributed by atoms with van der Waals surface area (Å²) in [5, 5.41) is 0. The molecule has 0 radical (unpaired) electrons. The van der Waals surface area contributed by atoms with Gasteiger partial charge in [0.2, 0.25) is 0 Å². The van der Waals surface area contributed by atoms with E-state index in [1.165, 1.54) is 0 Å². The number of carbonyl (C=O) groups excluding carboxylic acids is 2. The highest BCUT2D eigenvalue weighted by atomic mass is 16.5. The predicted octanol–water partition coefficient (Wildman–Crippen LogP) is 4.59. The maximum atomic E-state index is 13.7. The number of ether oxygens (including phenoxy) is 1. The number of esters is 1. The van der Waals surface area contributed by atoms with Crippen molar-refractivity contribution in [1.29, 1.82) is 0 Å². The van der Waals surface area contributed by atoms with Gasteiger partial charge in [-0.1, -0.05) is 66.7 Å². The van der Waals surface area contributed by atoms with Gasteiger partial charge in [-0.05, 0) is 24.6 Å². The number of Topliss-reactive ketones (excluding diaryl/α,β-unsaturated/α-hetero) is 1. The summed E-state index contributed by atoms with van der Waals surface area (Å²) in [4.78, 5) is 36.8. The van der Waals surface area contributed by atoms with Crippen LogP contribution in [0.15, 0.2) is 78.9 Å². The Bertz CT molecular complexity index is 1400. The number of hydrogen-bond acceptors (Lipinski definition) is 5.